The van der Waals surface area contributed by atoms with E-state index in [4.69, 9.17) is 5.73 Å². The van der Waals surface area contributed by atoms with Gasteiger partial charge < -0.3 is 5.73 Å². The molecule has 0 aromatic carbocycles. The number of nitrogens with one attached hydrogen (secondary N) is 1. The van der Waals surface area contributed by atoms with Crippen LogP contribution >= 0.6 is 0 Å². The van der Waals surface area contributed by atoms with Crippen LogP contribution in [-0.2, 0) is 17.3 Å². The van der Waals surface area contributed by atoms with E-state index in [0.717, 1.165) is 19.3 Å². The Bertz CT molecular complexity index is 539. The van der Waals surface area contributed by atoms with E-state index >= 15 is 0 Å². The van der Waals surface area contributed by atoms with Crippen molar-refractivity contribution in [3.63, 3.8) is 0 Å². The number of anilines is 1. The summed E-state index contributed by atoms with van der Waals surface area (Å²) in [6.07, 6.45) is 4.39. The molecule has 1 fully saturated rings. The lowest BCUT2D eigenvalue weighted by Gasteiger charge is -2.33. The highest BCUT2D eigenvalue weighted by Crippen LogP contribution is 2.22. The first-order valence-corrected chi connectivity index (χ1v) is 7.88. The van der Waals surface area contributed by atoms with E-state index in [2.05, 4.69) is 9.82 Å². The van der Waals surface area contributed by atoms with Crippen molar-refractivity contribution in [3.8, 4) is 0 Å². The Hall–Kier alpha value is -1.12. The Labute approximate surface area is 113 Å². The summed E-state index contributed by atoms with van der Waals surface area (Å²) in [5, 5.41) is 4.13. The summed E-state index contributed by atoms with van der Waals surface area (Å²) in [5.41, 5.74) is 6.84. The molecule has 1 unspecified atom stereocenters. The van der Waals surface area contributed by atoms with Crippen molar-refractivity contribution in [3.05, 3.63) is 11.9 Å². The zero-order valence-electron chi connectivity index (χ0n) is 11.3. The van der Waals surface area contributed by atoms with E-state index in [1.54, 1.807) is 24.9 Å². The summed E-state index contributed by atoms with van der Waals surface area (Å²) in [5.74, 6) is 0. The number of rotatable bonds is 4. The second kappa shape index (κ2) is 5.48. The van der Waals surface area contributed by atoms with Gasteiger partial charge in [-0.1, -0.05) is 6.42 Å². The van der Waals surface area contributed by atoms with Gasteiger partial charge in [0.2, 0.25) is 0 Å². The summed E-state index contributed by atoms with van der Waals surface area (Å²) in [6.45, 7) is 2.65. The van der Waals surface area contributed by atoms with Crippen molar-refractivity contribution in [2.45, 2.75) is 32.2 Å². The van der Waals surface area contributed by atoms with Gasteiger partial charge in [-0.2, -0.15) is 17.8 Å². The molecule has 1 aromatic rings. The van der Waals surface area contributed by atoms with Crippen molar-refractivity contribution in [1.82, 2.24) is 14.1 Å². The quantitative estimate of drug-likeness (QED) is 0.827. The number of aromatic nitrogens is 2. The SMILES string of the molecule is Cc1nn(C)cc1NS(=O)(=O)N1CCCCC1CN. The van der Waals surface area contributed by atoms with Crippen molar-refractivity contribution in [2.75, 3.05) is 17.8 Å². The van der Waals surface area contributed by atoms with Gasteiger partial charge in [0.15, 0.2) is 0 Å². The lowest BCUT2D eigenvalue weighted by Crippen LogP contribution is -2.49. The van der Waals surface area contributed by atoms with Crippen LogP contribution in [0.5, 0.6) is 0 Å². The van der Waals surface area contributed by atoms with E-state index in [-0.39, 0.29) is 6.04 Å². The van der Waals surface area contributed by atoms with Crippen LogP contribution in [0.1, 0.15) is 25.0 Å². The standard InChI is InChI=1S/C11H21N5O2S/c1-9-11(8-15(2)13-9)14-19(17,18)16-6-4-3-5-10(16)7-12/h8,10,14H,3-7,12H2,1-2H3. The highest BCUT2D eigenvalue weighted by atomic mass is 32.2. The largest absolute Gasteiger partial charge is 0.329 e. The number of hydrogen-bond acceptors (Lipinski definition) is 4. The Morgan fingerprint density at radius 2 is 2.26 bits per heavy atom. The molecule has 2 rings (SSSR count). The van der Waals surface area contributed by atoms with Crippen molar-refractivity contribution >= 4 is 15.9 Å². The minimum absolute atomic E-state index is 0.108. The summed E-state index contributed by atoms with van der Waals surface area (Å²) >= 11 is 0. The van der Waals surface area contributed by atoms with E-state index in [9.17, 15) is 8.42 Å². The van der Waals surface area contributed by atoms with E-state index in [1.165, 1.54) is 4.31 Å². The van der Waals surface area contributed by atoms with Crippen molar-refractivity contribution < 1.29 is 8.42 Å². The molecule has 1 aromatic heterocycles. The molecule has 8 heteroatoms. The van der Waals surface area contributed by atoms with E-state index in [1.807, 2.05) is 0 Å². The molecular formula is C11H21N5O2S. The van der Waals surface area contributed by atoms with Gasteiger partial charge in [-0.25, -0.2) is 0 Å². The van der Waals surface area contributed by atoms with Crippen molar-refractivity contribution in [2.24, 2.45) is 12.8 Å². The van der Waals surface area contributed by atoms with Crippen molar-refractivity contribution in [1.29, 1.82) is 0 Å². The van der Waals surface area contributed by atoms with E-state index < -0.39 is 10.2 Å². The van der Waals surface area contributed by atoms with Crippen LogP contribution in [0, 0.1) is 6.92 Å². The smallest absolute Gasteiger partial charge is 0.302 e. The first-order chi connectivity index (χ1) is 8.94. The number of nitrogens with two attached hydrogens (primary N) is 1. The fourth-order valence-electron chi connectivity index (χ4n) is 2.42. The Morgan fingerprint density at radius 1 is 1.53 bits per heavy atom. The molecule has 19 heavy (non-hydrogen) atoms. The molecule has 0 radical (unpaired) electrons. The molecular weight excluding hydrogens is 266 g/mol. The Kier molecular flexibility index (Phi) is 4.12. The molecule has 1 atom stereocenters. The second-order valence-electron chi connectivity index (χ2n) is 4.90. The molecule has 1 aliphatic heterocycles. The Morgan fingerprint density at radius 3 is 2.84 bits per heavy atom. The molecule has 1 aliphatic rings. The van der Waals surface area contributed by atoms with Crippen LogP contribution in [0.2, 0.25) is 0 Å². The summed E-state index contributed by atoms with van der Waals surface area (Å²) in [4.78, 5) is 0. The number of nitrogens with zero attached hydrogens (tertiary/aromatic N) is 3. The summed E-state index contributed by atoms with van der Waals surface area (Å²) in [6, 6.07) is -0.108. The monoisotopic (exact) mass is 287 g/mol. The normalized spacial score (nSPS) is 21.5. The highest BCUT2D eigenvalue weighted by molar-refractivity contribution is 7.90. The lowest BCUT2D eigenvalue weighted by molar-refractivity contribution is 0.259. The third kappa shape index (κ3) is 3.07. The molecule has 108 valence electrons. The van der Waals surface area contributed by atoms with Gasteiger partial charge in [-0.05, 0) is 19.8 Å². The van der Waals surface area contributed by atoms with Crippen LogP contribution in [0.25, 0.3) is 0 Å². The topological polar surface area (TPSA) is 93.2 Å². The van der Waals surface area contributed by atoms with Crippen LogP contribution in [0.15, 0.2) is 6.20 Å². The number of piperidine rings is 1. The maximum Gasteiger partial charge on any atom is 0.302 e. The molecule has 0 bridgehead atoms. The Balaban J connectivity index is 2.19. The molecule has 3 N–H and O–H groups in total. The van der Waals surface area contributed by atoms with Crippen LogP contribution in [-0.4, -0.2) is 41.6 Å². The van der Waals surface area contributed by atoms with Gasteiger partial charge in [0.1, 0.15) is 0 Å². The lowest BCUT2D eigenvalue weighted by atomic mass is 10.1. The van der Waals surface area contributed by atoms with Gasteiger partial charge in [-0.15, -0.1) is 0 Å². The number of hydrogen-bond donors (Lipinski definition) is 2. The molecule has 0 amide bonds. The summed E-state index contributed by atoms with van der Waals surface area (Å²) in [7, 11) is -1.80. The molecule has 7 nitrogen and oxygen atoms in total. The zero-order valence-corrected chi connectivity index (χ0v) is 12.2. The minimum Gasteiger partial charge on any atom is -0.329 e. The number of aryl methyl sites for hydroxylation is 2. The minimum atomic E-state index is -3.56. The maximum atomic E-state index is 12.4. The first-order valence-electron chi connectivity index (χ1n) is 6.44. The van der Waals surface area contributed by atoms with Crippen LogP contribution < -0.4 is 10.5 Å². The van der Waals surface area contributed by atoms with Crippen LogP contribution in [0.3, 0.4) is 0 Å². The fourth-order valence-corrected chi connectivity index (χ4v) is 3.97. The van der Waals surface area contributed by atoms with E-state index in [0.29, 0.717) is 24.5 Å². The predicted molar refractivity (Wildman–Crippen MR) is 73.9 cm³/mol. The first kappa shape index (κ1) is 14.3. The zero-order chi connectivity index (χ0) is 14.0. The maximum absolute atomic E-state index is 12.4. The molecule has 2 heterocycles. The second-order valence-corrected chi connectivity index (χ2v) is 6.53. The van der Waals surface area contributed by atoms with Gasteiger partial charge in [0.05, 0.1) is 11.4 Å². The van der Waals surface area contributed by atoms with Gasteiger partial charge in [-0.3, -0.25) is 9.40 Å². The average Bonchev–Trinajstić information content (AvgIpc) is 2.67. The average molecular weight is 287 g/mol. The third-order valence-electron chi connectivity index (χ3n) is 3.41. The van der Waals surface area contributed by atoms with Crippen LogP contribution in [0.4, 0.5) is 5.69 Å². The molecule has 1 saturated heterocycles. The summed E-state index contributed by atoms with van der Waals surface area (Å²) < 4.78 is 30.5. The molecule has 0 aliphatic carbocycles. The van der Waals surface area contributed by atoms with Gasteiger partial charge in [0.25, 0.3) is 0 Å². The third-order valence-corrected chi connectivity index (χ3v) is 4.98. The van der Waals surface area contributed by atoms with Gasteiger partial charge in [0, 0.05) is 32.4 Å². The predicted octanol–water partition coefficient (Wildman–Crippen LogP) is 0.198. The van der Waals surface area contributed by atoms with Gasteiger partial charge >= 0.3 is 10.2 Å². The molecule has 0 saturated carbocycles. The fraction of sp³-hybridized carbons (Fsp3) is 0.727. The highest BCUT2D eigenvalue weighted by Gasteiger charge is 2.31. The molecule has 0 spiro atoms.